The molecule has 4 rings (SSSR count). The molecule has 0 aromatic heterocycles. The van der Waals surface area contributed by atoms with Crippen molar-refractivity contribution in [1.82, 2.24) is 0 Å². The van der Waals surface area contributed by atoms with Gasteiger partial charge in [0.1, 0.15) is 6.54 Å². The van der Waals surface area contributed by atoms with Gasteiger partial charge in [0.05, 0.1) is 25.2 Å². The first-order valence-corrected chi connectivity index (χ1v) is 8.77. The van der Waals surface area contributed by atoms with E-state index in [1.165, 1.54) is 50.9 Å². The minimum absolute atomic E-state index is 0.893. The van der Waals surface area contributed by atoms with Crippen LogP contribution in [0.1, 0.15) is 31.2 Å². The molecule has 1 saturated carbocycles. The minimum Gasteiger partial charge on any atom is -0.341 e. The first kappa shape index (κ1) is 13.5. The molecule has 2 fully saturated rings. The average molecular weight is 284 g/mol. The van der Waals surface area contributed by atoms with Gasteiger partial charge in [-0.05, 0) is 12.3 Å². The monoisotopic (exact) mass is 284 g/mol. The fraction of sp³-hybridized carbons (Fsp3) is 0.579. The molecule has 0 amide bonds. The maximum atomic E-state index is 2.73. The summed E-state index contributed by atoms with van der Waals surface area (Å²) in [5.41, 5.74) is 1.49. The number of allylic oxidation sites excluding steroid dienone is 1. The fourth-order valence-corrected chi connectivity index (χ4v) is 4.64. The molecule has 112 valence electrons. The van der Waals surface area contributed by atoms with Crippen molar-refractivity contribution in [2.45, 2.75) is 44.3 Å². The van der Waals surface area contributed by atoms with E-state index >= 15 is 0 Å². The highest BCUT2D eigenvalue weighted by Gasteiger charge is 2.45. The van der Waals surface area contributed by atoms with Crippen LogP contribution in [-0.2, 0) is 6.54 Å². The molecule has 3 N–H and O–H groups in total. The van der Waals surface area contributed by atoms with Crippen molar-refractivity contribution in [3.63, 3.8) is 0 Å². The van der Waals surface area contributed by atoms with Crippen molar-refractivity contribution in [2.75, 3.05) is 13.1 Å². The summed E-state index contributed by atoms with van der Waals surface area (Å²) in [6, 6.07) is 12.8. The summed E-state index contributed by atoms with van der Waals surface area (Å²) in [7, 11) is 0. The lowest BCUT2D eigenvalue weighted by Gasteiger charge is -2.40. The van der Waals surface area contributed by atoms with E-state index in [4.69, 9.17) is 0 Å². The zero-order valence-electron chi connectivity index (χ0n) is 12.9. The van der Waals surface area contributed by atoms with Crippen LogP contribution in [0.5, 0.6) is 0 Å². The van der Waals surface area contributed by atoms with Crippen LogP contribution in [0.25, 0.3) is 0 Å². The zero-order valence-corrected chi connectivity index (χ0v) is 12.9. The van der Waals surface area contributed by atoms with Crippen molar-refractivity contribution < 1.29 is 10.2 Å². The van der Waals surface area contributed by atoms with E-state index in [0.29, 0.717) is 0 Å². The second-order valence-electron chi connectivity index (χ2n) is 7.34. The maximum Gasteiger partial charge on any atom is 0.103 e. The highest BCUT2D eigenvalue weighted by atomic mass is 15.1. The number of nitrogens with two attached hydrogens (primary N) is 1. The van der Waals surface area contributed by atoms with Gasteiger partial charge >= 0.3 is 0 Å². The van der Waals surface area contributed by atoms with Crippen LogP contribution in [0, 0.1) is 11.8 Å². The quantitative estimate of drug-likeness (QED) is 0.762. The number of quaternary nitrogens is 2. The standard InChI is InChI=1S/C19H26N2/c1-2-5-15(6-3-1)14-21-11-9-17(10-12-21)20-19-13-16-7-4-8-18(16)19/h1-6,8,16-20H,7,9-14H2/p+2/t16-,18+,19-/m1/s1. The summed E-state index contributed by atoms with van der Waals surface area (Å²) >= 11 is 0. The molecule has 3 aliphatic rings. The number of fused-ring (bicyclic) bond motifs is 1. The average Bonchev–Trinajstić information content (AvgIpc) is 2.89. The molecule has 0 spiro atoms. The molecular weight excluding hydrogens is 256 g/mol. The molecule has 0 unspecified atom stereocenters. The van der Waals surface area contributed by atoms with Crippen LogP contribution < -0.4 is 10.2 Å². The molecule has 2 heteroatoms. The van der Waals surface area contributed by atoms with Crippen LogP contribution in [0.2, 0.25) is 0 Å². The lowest BCUT2D eigenvalue weighted by atomic mass is 9.71. The highest BCUT2D eigenvalue weighted by Crippen LogP contribution is 2.40. The number of hydrogen-bond acceptors (Lipinski definition) is 0. The van der Waals surface area contributed by atoms with Gasteiger partial charge in [0.15, 0.2) is 0 Å². The van der Waals surface area contributed by atoms with Crippen LogP contribution in [0.3, 0.4) is 0 Å². The third-order valence-corrected chi connectivity index (χ3v) is 5.96. The Balaban J connectivity index is 1.23. The van der Waals surface area contributed by atoms with Gasteiger partial charge in [-0.1, -0.05) is 42.5 Å². The third kappa shape index (κ3) is 2.93. The summed E-state index contributed by atoms with van der Waals surface area (Å²) in [6.45, 7) is 3.92. The summed E-state index contributed by atoms with van der Waals surface area (Å²) in [6.07, 6.45) is 10.5. The molecule has 2 nitrogen and oxygen atoms in total. The minimum atomic E-state index is 0.893. The van der Waals surface area contributed by atoms with Crippen molar-refractivity contribution >= 4 is 0 Å². The first-order valence-electron chi connectivity index (χ1n) is 8.77. The molecular formula is C19H28N2+2. The van der Waals surface area contributed by atoms with Gasteiger partial charge in [0.2, 0.25) is 0 Å². The Morgan fingerprint density at radius 2 is 1.90 bits per heavy atom. The van der Waals surface area contributed by atoms with Crippen LogP contribution >= 0.6 is 0 Å². The number of hydrogen-bond donors (Lipinski definition) is 2. The number of nitrogens with one attached hydrogen (secondary N) is 1. The number of rotatable bonds is 4. The molecule has 0 radical (unpaired) electrons. The number of likely N-dealkylation sites (tertiary alicyclic amines) is 1. The van der Waals surface area contributed by atoms with Crippen molar-refractivity contribution in [1.29, 1.82) is 0 Å². The van der Waals surface area contributed by atoms with E-state index in [0.717, 1.165) is 23.9 Å². The van der Waals surface area contributed by atoms with Gasteiger partial charge in [0.25, 0.3) is 0 Å². The summed E-state index contributed by atoms with van der Waals surface area (Å²) < 4.78 is 0. The smallest absolute Gasteiger partial charge is 0.103 e. The Morgan fingerprint density at radius 3 is 2.67 bits per heavy atom. The topological polar surface area (TPSA) is 21.1 Å². The molecule has 21 heavy (non-hydrogen) atoms. The molecule has 1 saturated heterocycles. The Hall–Kier alpha value is -1.12. The Morgan fingerprint density at radius 1 is 1.10 bits per heavy atom. The van der Waals surface area contributed by atoms with E-state index in [-0.39, 0.29) is 0 Å². The molecule has 3 atom stereocenters. The third-order valence-electron chi connectivity index (χ3n) is 5.96. The van der Waals surface area contributed by atoms with Crippen molar-refractivity contribution in [3.8, 4) is 0 Å². The van der Waals surface area contributed by atoms with E-state index in [2.05, 4.69) is 47.8 Å². The Kier molecular flexibility index (Phi) is 3.83. The summed E-state index contributed by atoms with van der Waals surface area (Å²) in [5.74, 6) is 1.93. The molecule has 1 heterocycles. The molecule has 2 aliphatic carbocycles. The predicted octanol–water partition coefficient (Wildman–Crippen LogP) is 0.762. The van der Waals surface area contributed by atoms with E-state index < -0.39 is 0 Å². The van der Waals surface area contributed by atoms with Gasteiger partial charge in [-0.15, -0.1) is 0 Å². The predicted molar refractivity (Wildman–Crippen MR) is 84.9 cm³/mol. The van der Waals surface area contributed by atoms with Crippen molar-refractivity contribution in [3.05, 3.63) is 48.0 Å². The lowest BCUT2D eigenvalue weighted by Crippen LogP contribution is -3.14. The summed E-state index contributed by atoms with van der Waals surface area (Å²) in [5, 5.41) is 2.73. The number of piperidine rings is 1. The largest absolute Gasteiger partial charge is 0.341 e. The van der Waals surface area contributed by atoms with Crippen LogP contribution in [-0.4, -0.2) is 25.2 Å². The van der Waals surface area contributed by atoms with Gasteiger partial charge in [-0.2, -0.15) is 0 Å². The van der Waals surface area contributed by atoms with E-state index in [9.17, 15) is 0 Å². The lowest BCUT2D eigenvalue weighted by molar-refractivity contribution is -0.927. The second kappa shape index (κ2) is 5.94. The summed E-state index contributed by atoms with van der Waals surface area (Å²) in [4.78, 5) is 1.78. The van der Waals surface area contributed by atoms with Crippen molar-refractivity contribution in [2.24, 2.45) is 11.8 Å². The SMILES string of the molecule is C1=C[C@H]2[C@H](C1)C[C@H]2[NH2+]C1CC[NH+](Cc2ccccc2)CC1. The maximum absolute atomic E-state index is 2.73. The second-order valence-corrected chi connectivity index (χ2v) is 7.34. The zero-order chi connectivity index (χ0) is 14.1. The fourth-order valence-electron chi connectivity index (χ4n) is 4.64. The highest BCUT2D eigenvalue weighted by molar-refractivity contribution is 5.13. The van der Waals surface area contributed by atoms with Crippen LogP contribution in [0.4, 0.5) is 0 Å². The normalized spacial score (nSPS) is 38.0. The van der Waals surface area contributed by atoms with E-state index in [1.807, 2.05) is 0 Å². The van der Waals surface area contributed by atoms with E-state index in [1.54, 1.807) is 4.90 Å². The Bertz CT molecular complexity index is 488. The molecule has 1 aromatic rings. The molecule has 1 aliphatic heterocycles. The first-order chi connectivity index (χ1) is 10.4. The van der Waals surface area contributed by atoms with Crippen LogP contribution in [0.15, 0.2) is 42.5 Å². The van der Waals surface area contributed by atoms with Gasteiger partial charge < -0.3 is 10.2 Å². The number of benzene rings is 1. The van der Waals surface area contributed by atoms with Gasteiger partial charge in [-0.3, -0.25) is 0 Å². The van der Waals surface area contributed by atoms with Gasteiger partial charge in [-0.25, -0.2) is 0 Å². The molecule has 0 bridgehead atoms. The molecule has 1 aromatic carbocycles. The Labute approximate surface area is 128 Å². The van der Waals surface area contributed by atoms with Gasteiger partial charge in [0, 0.05) is 30.7 Å².